The summed E-state index contributed by atoms with van der Waals surface area (Å²) in [6, 6.07) is 21.3. The molecule has 1 aliphatic rings. The SMILES string of the molecule is Fc1ccc(N(c2ccc(F)cc2)c2ccc([S+]3CCCC3)cc2)cc1. The summed E-state index contributed by atoms with van der Waals surface area (Å²) in [6.45, 7) is 0. The number of hydrogen-bond donors (Lipinski definition) is 0. The largest absolute Gasteiger partial charge is 0.310 e. The molecule has 26 heavy (non-hydrogen) atoms. The molecule has 0 radical (unpaired) electrons. The summed E-state index contributed by atoms with van der Waals surface area (Å²) in [5.74, 6) is 2.04. The minimum atomic E-state index is -0.273. The molecule has 1 fully saturated rings. The van der Waals surface area contributed by atoms with E-state index in [0.29, 0.717) is 10.9 Å². The Morgan fingerprint density at radius 1 is 0.577 bits per heavy atom. The monoisotopic (exact) mass is 368 g/mol. The fourth-order valence-electron chi connectivity index (χ4n) is 3.31. The first-order chi connectivity index (χ1) is 12.7. The van der Waals surface area contributed by atoms with Gasteiger partial charge in [-0.2, -0.15) is 0 Å². The van der Waals surface area contributed by atoms with Gasteiger partial charge in [-0.25, -0.2) is 8.78 Å². The Balaban J connectivity index is 1.72. The first kappa shape index (κ1) is 17.1. The van der Waals surface area contributed by atoms with Crippen LogP contribution in [-0.2, 0) is 10.9 Å². The molecule has 0 aromatic heterocycles. The molecule has 0 N–H and O–H groups in total. The van der Waals surface area contributed by atoms with Crippen molar-refractivity contribution in [3.63, 3.8) is 0 Å². The lowest BCUT2D eigenvalue weighted by Gasteiger charge is -2.25. The van der Waals surface area contributed by atoms with Gasteiger partial charge in [0, 0.05) is 28.0 Å². The van der Waals surface area contributed by atoms with Gasteiger partial charge in [0.15, 0.2) is 4.90 Å². The molecule has 0 amide bonds. The molecular weight excluding hydrogens is 348 g/mol. The van der Waals surface area contributed by atoms with Crippen LogP contribution in [0.25, 0.3) is 0 Å². The van der Waals surface area contributed by atoms with Crippen molar-refractivity contribution in [3.05, 3.63) is 84.4 Å². The lowest BCUT2D eigenvalue weighted by molar-refractivity contribution is 0.628. The minimum absolute atomic E-state index is 0.273. The van der Waals surface area contributed by atoms with Crippen molar-refractivity contribution >= 4 is 28.0 Å². The molecule has 0 unspecified atom stereocenters. The lowest BCUT2D eigenvalue weighted by atomic mass is 10.2. The summed E-state index contributed by atoms with van der Waals surface area (Å²) < 4.78 is 26.7. The van der Waals surface area contributed by atoms with Crippen molar-refractivity contribution in [2.45, 2.75) is 17.7 Å². The maximum absolute atomic E-state index is 13.4. The summed E-state index contributed by atoms with van der Waals surface area (Å²) in [4.78, 5) is 3.42. The topological polar surface area (TPSA) is 3.24 Å². The van der Waals surface area contributed by atoms with E-state index in [-0.39, 0.29) is 11.6 Å². The molecule has 0 aliphatic carbocycles. The number of rotatable bonds is 4. The Labute approximate surface area is 155 Å². The molecule has 4 rings (SSSR count). The first-order valence-corrected chi connectivity index (χ1v) is 10.4. The van der Waals surface area contributed by atoms with E-state index in [4.69, 9.17) is 0 Å². The van der Waals surface area contributed by atoms with Crippen molar-refractivity contribution in [2.24, 2.45) is 0 Å². The number of benzene rings is 3. The van der Waals surface area contributed by atoms with Crippen LogP contribution in [0.4, 0.5) is 25.8 Å². The number of nitrogens with zero attached hydrogens (tertiary/aromatic N) is 1. The Morgan fingerprint density at radius 2 is 0.962 bits per heavy atom. The van der Waals surface area contributed by atoms with Crippen LogP contribution in [0.5, 0.6) is 0 Å². The summed E-state index contributed by atoms with van der Waals surface area (Å²) in [6.07, 6.45) is 2.64. The van der Waals surface area contributed by atoms with E-state index in [1.54, 1.807) is 24.3 Å². The molecule has 0 spiro atoms. The number of anilines is 3. The predicted molar refractivity (Wildman–Crippen MR) is 106 cm³/mol. The summed E-state index contributed by atoms with van der Waals surface area (Å²) in [5, 5.41) is 0. The second-order valence-electron chi connectivity index (χ2n) is 6.39. The van der Waals surface area contributed by atoms with Gasteiger partial charge in [0.2, 0.25) is 0 Å². The van der Waals surface area contributed by atoms with E-state index in [9.17, 15) is 8.78 Å². The van der Waals surface area contributed by atoms with Gasteiger partial charge in [-0.3, -0.25) is 0 Å². The fraction of sp³-hybridized carbons (Fsp3) is 0.182. The maximum atomic E-state index is 13.4. The van der Waals surface area contributed by atoms with Gasteiger partial charge in [-0.05, 0) is 85.6 Å². The Hall–Kier alpha value is -2.33. The van der Waals surface area contributed by atoms with Crippen molar-refractivity contribution in [1.82, 2.24) is 0 Å². The van der Waals surface area contributed by atoms with Crippen molar-refractivity contribution in [3.8, 4) is 0 Å². The highest BCUT2D eigenvalue weighted by Crippen LogP contribution is 2.35. The van der Waals surface area contributed by atoms with Crippen LogP contribution in [0.2, 0.25) is 0 Å². The fourth-order valence-corrected chi connectivity index (χ4v) is 5.61. The molecule has 3 aromatic carbocycles. The van der Waals surface area contributed by atoms with E-state index in [1.165, 1.54) is 53.5 Å². The van der Waals surface area contributed by atoms with Crippen LogP contribution in [0, 0.1) is 11.6 Å². The Morgan fingerprint density at radius 3 is 1.38 bits per heavy atom. The number of halogens is 2. The van der Waals surface area contributed by atoms with Gasteiger partial charge in [0.05, 0.1) is 0 Å². The maximum Gasteiger partial charge on any atom is 0.155 e. The minimum Gasteiger partial charge on any atom is -0.310 e. The molecular formula is C22H20F2NS+. The average Bonchev–Trinajstić information content (AvgIpc) is 3.20. The third-order valence-corrected chi connectivity index (χ3v) is 7.13. The molecule has 132 valence electrons. The highest BCUT2D eigenvalue weighted by atomic mass is 32.2. The molecule has 1 nitrogen and oxygen atoms in total. The molecule has 1 aliphatic heterocycles. The molecule has 1 saturated heterocycles. The third-order valence-electron chi connectivity index (χ3n) is 4.63. The van der Waals surface area contributed by atoms with Gasteiger partial charge in [-0.1, -0.05) is 0 Å². The molecule has 1 heterocycles. The first-order valence-electron chi connectivity index (χ1n) is 8.79. The smallest absolute Gasteiger partial charge is 0.155 e. The van der Waals surface area contributed by atoms with Crippen LogP contribution < -0.4 is 4.90 Å². The predicted octanol–water partition coefficient (Wildman–Crippen LogP) is 6.21. The van der Waals surface area contributed by atoms with Crippen LogP contribution in [0.15, 0.2) is 77.7 Å². The van der Waals surface area contributed by atoms with Crippen LogP contribution in [0.3, 0.4) is 0 Å². The zero-order chi connectivity index (χ0) is 17.9. The van der Waals surface area contributed by atoms with Crippen LogP contribution in [-0.4, -0.2) is 11.5 Å². The van der Waals surface area contributed by atoms with Crippen molar-refractivity contribution in [2.75, 3.05) is 16.4 Å². The summed E-state index contributed by atoms with van der Waals surface area (Å²) >= 11 is 0. The van der Waals surface area contributed by atoms with Gasteiger partial charge >= 0.3 is 0 Å². The van der Waals surface area contributed by atoms with E-state index in [1.807, 2.05) is 4.90 Å². The molecule has 0 atom stereocenters. The van der Waals surface area contributed by atoms with Gasteiger partial charge in [-0.15, -0.1) is 0 Å². The quantitative estimate of drug-likeness (QED) is 0.495. The van der Waals surface area contributed by atoms with Gasteiger partial charge in [0.1, 0.15) is 23.1 Å². The van der Waals surface area contributed by atoms with Crippen molar-refractivity contribution < 1.29 is 8.78 Å². The molecule has 0 saturated carbocycles. The van der Waals surface area contributed by atoms with Gasteiger partial charge in [0.25, 0.3) is 0 Å². The summed E-state index contributed by atoms with van der Waals surface area (Å²) in [5.41, 5.74) is 2.66. The van der Waals surface area contributed by atoms with Crippen LogP contribution in [0.1, 0.15) is 12.8 Å². The van der Waals surface area contributed by atoms with E-state index >= 15 is 0 Å². The zero-order valence-electron chi connectivity index (χ0n) is 14.4. The average molecular weight is 368 g/mol. The second kappa shape index (κ2) is 7.50. The molecule has 4 heteroatoms. The highest BCUT2D eigenvalue weighted by molar-refractivity contribution is 7.97. The standard InChI is InChI=1S/C22H20F2NS/c23-17-3-7-19(8-4-17)25(20-9-5-18(24)6-10-20)21-11-13-22(14-12-21)26-15-1-2-16-26/h3-14H,1-2,15-16H2/q+1. The molecule has 0 bridgehead atoms. The summed E-state index contributed by atoms with van der Waals surface area (Å²) in [7, 11) is 0.375. The highest BCUT2D eigenvalue weighted by Gasteiger charge is 2.26. The third kappa shape index (κ3) is 3.61. The normalized spacial score (nSPS) is 14.5. The van der Waals surface area contributed by atoms with E-state index in [2.05, 4.69) is 24.3 Å². The molecule has 3 aromatic rings. The zero-order valence-corrected chi connectivity index (χ0v) is 15.2. The van der Waals surface area contributed by atoms with E-state index in [0.717, 1.165) is 17.1 Å². The Bertz CT molecular complexity index is 809. The number of hydrogen-bond acceptors (Lipinski definition) is 1. The second-order valence-corrected chi connectivity index (χ2v) is 8.66. The van der Waals surface area contributed by atoms with E-state index < -0.39 is 0 Å². The lowest BCUT2D eigenvalue weighted by Crippen LogP contribution is -2.10. The Kier molecular flexibility index (Phi) is 4.93. The van der Waals surface area contributed by atoms with Crippen LogP contribution >= 0.6 is 0 Å². The van der Waals surface area contributed by atoms with Crippen molar-refractivity contribution in [1.29, 1.82) is 0 Å². The van der Waals surface area contributed by atoms with Gasteiger partial charge < -0.3 is 4.90 Å².